The minimum absolute atomic E-state index is 0.545. The van der Waals surface area contributed by atoms with Crippen LogP contribution in [0.2, 0.25) is 0 Å². The second-order valence-corrected chi connectivity index (χ2v) is 4.53. The number of ether oxygens (including phenoxy) is 1. The van der Waals surface area contributed by atoms with Crippen LogP contribution in [0.15, 0.2) is 29.3 Å². The standard InChI is InChI=1S/C14H21N3O/c1-2-18-10-12-6-4-3-5-11(12)9-16-14(15)17-13-7-8-13/h3-6,13H,2,7-10H2,1H3,(H3,15,16,17). The SMILES string of the molecule is CCOCc1ccccc1CN=C(N)NC1CC1. The van der Waals surface area contributed by atoms with Gasteiger partial charge < -0.3 is 15.8 Å². The van der Waals surface area contributed by atoms with Gasteiger partial charge in [-0.1, -0.05) is 24.3 Å². The second-order valence-electron chi connectivity index (χ2n) is 4.53. The Balaban J connectivity index is 1.94. The van der Waals surface area contributed by atoms with Gasteiger partial charge in [-0.05, 0) is 30.9 Å². The molecule has 0 bridgehead atoms. The molecular weight excluding hydrogens is 226 g/mol. The lowest BCUT2D eigenvalue weighted by molar-refractivity contribution is 0.133. The molecule has 4 nitrogen and oxygen atoms in total. The van der Waals surface area contributed by atoms with Crippen LogP contribution in [0.25, 0.3) is 0 Å². The van der Waals surface area contributed by atoms with Crippen molar-refractivity contribution < 1.29 is 4.74 Å². The molecule has 0 heterocycles. The third kappa shape index (κ3) is 4.04. The van der Waals surface area contributed by atoms with Crippen molar-refractivity contribution in [3.05, 3.63) is 35.4 Å². The van der Waals surface area contributed by atoms with Gasteiger partial charge in [-0.25, -0.2) is 4.99 Å². The topological polar surface area (TPSA) is 59.6 Å². The Morgan fingerprint density at radius 2 is 2.11 bits per heavy atom. The molecule has 0 aromatic heterocycles. The van der Waals surface area contributed by atoms with Crippen molar-refractivity contribution in [2.24, 2.45) is 10.7 Å². The molecule has 0 unspecified atom stereocenters. The third-order valence-corrected chi connectivity index (χ3v) is 2.93. The maximum Gasteiger partial charge on any atom is 0.189 e. The Bertz CT molecular complexity index is 413. The van der Waals surface area contributed by atoms with E-state index in [9.17, 15) is 0 Å². The maximum atomic E-state index is 5.82. The van der Waals surface area contributed by atoms with E-state index in [1.807, 2.05) is 19.1 Å². The molecule has 0 radical (unpaired) electrons. The lowest BCUT2D eigenvalue weighted by Crippen LogP contribution is -2.33. The van der Waals surface area contributed by atoms with Crippen LogP contribution < -0.4 is 11.1 Å². The summed E-state index contributed by atoms with van der Waals surface area (Å²) in [5.41, 5.74) is 8.18. The molecule has 1 fully saturated rings. The van der Waals surface area contributed by atoms with E-state index >= 15 is 0 Å². The van der Waals surface area contributed by atoms with Crippen LogP contribution >= 0.6 is 0 Å². The van der Waals surface area contributed by atoms with Crippen molar-refractivity contribution in [3.8, 4) is 0 Å². The Morgan fingerprint density at radius 3 is 2.78 bits per heavy atom. The number of nitrogens with zero attached hydrogens (tertiary/aromatic N) is 1. The summed E-state index contributed by atoms with van der Waals surface area (Å²) in [5, 5.41) is 3.18. The van der Waals surface area contributed by atoms with Gasteiger partial charge in [0.15, 0.2) is 5.96 Å². The zero-order chi connectivity index (χ0) is 12.8. The number of hydrogen-bond donors (Lipinski definition) is 2. The van der Waals surface area contributed by atoms with E-state index in [1.165, 1.54) is 24.0 Å². The fourth-order valence-corrected chi connectivity index (χ4v) is 1.72. The average molecular weight is 247 g/mol. The molecule has 0 amide bonds. The average Bonchev–Trinajstić information content (AvgIpc) is 3.18. The maximum absolute atomic E-state index is 5.82. The summed E-state index contributed by atoms with van der Waals surface area (Å²) in [6.07, 6.45) is 2.41. The van der Waals surface area contributed by atoms with Crippen molar-refractivity contribution in [1.29, 1.82) is 0 Å². The number of hydrogen-bond acceptors (Lipinski definition) is 2. The fraction of sp³-hybridized carbons (Fsp3) is 0.500. The van der Waals surface area contributed by atoms with Gasteiger partial charge in [0, 0.05) is 12.6 Å². The van der Waals surface area contributed by atoms with Gasteiger partial charge in [-0.15, -0.1) is 0 Å². The zero-order valence-electron chi connectivity index (χ0n) is 10.9. The van der Waals surface area contributed by atoms with Gasteiger partial charge in [0.25, 0.3) is 0 Å². The summed E-state index contributed by atoms with van der Waals surface area (Å²) >= 11 is 0. The first kappa shape index (κ1) is 12.9. The number of rotatable bonds is 6. The number of guanidine groups is 1. The van der Waals surface area contributed by atoms with Gasteiger partial charge in [-0.3, -0.25) is 0 Å². The van der Waals surface area contributed by atoms with E-state index in [2.05, 4.69) is 22.4 Å². The van der Waals surface area contributed by atoms with E-state index in [0.29, 0.717) is 25.2 Å². The Hall–Kier alpha value is -1.55. The molecular formula is C14H21N3O. The predicted octanol–water partition coefficient (Wildman–Crippen LogP) is 1.79. The van der Waals surface area contributed by atoms with E-state index < -0.39 is 0 Å². The molecule has 1 saturated carbocycles. The van der Waals surface area contributed by atoms with Crippen LogP contribution in [0.5, 0.6) is 0 Å². The van der Waals surface area contributed by atoms with Crippen LogP contribution in [-0.2, 0) is 17.9 Å². The van der Waals surface area contributed by atoms with E-state index in [0.717, 1.165) is 6.61 Å². The third-order valence-electron chi connectivity index (χ3n) is 2.93. The molecule has 1 aliphatic rings. The van der Waals surface area contributed by atoms with Crippen molar-refractivity contribution >= 4 is 5.96 Å². The molecule has 0 saturated heterocycles. The molecule has 2 rings (SSSR count). The van der Waals surface area contributed by atoms with Gasteiger partial charge in [0.1, 0.15) is 0 Å². The molecule has 3 N–H and O–H groups in total. The molecule has 1 aromatic rings. The number of nitrogens with two attached hydrogens (primary N) is 1. The molecule has 1 aromatic carbocycles. The van der Waals surface area contributed by atoms with Gasteiger partial charge in [0.05, 0.1) is 13.2 Å². The minimum Gasteiger partial charge on any atom is -0.377 e. The van der Waals surface area contributed by atoms with Crippen molar-refractivity contribution in [2.45, 2.75) is 39.0 Å². The first-order chi connectivity index (χ1) is 8.79. The number of benzene rings is 1. The van der Waals surface area contributed by atoms with Crippen LogP contribution in [0, 0.1) is 0 Å². The summed E-state index contributed by atoms with van der Waals surface area (Å²) in [7, 11) is 0. The Morgan fingerprint density at radius 1 is 1.39 bits per heavy atom. The highest BCUT2D eigenvalue weighted by Gasteiger charge is 2.21. The second kappa shape index (κ2) is 6.40. The first-order valence-corrected chi connectivity index (χ1v) is 6.50. The van der Waals surface area contributed by atoms with Gasteiger partial charge in [-0.2, -0.15) is 0 Å². The quantitative estimate of drug-likeness (QED) is 0.595. The first-order valence-electron chi connectivity index (χ1n) is 6.50. The number of aliphatic imine (C=N–C) groups is 1. The summed E-state index contributed by atoms with van der Waals surface area (Å²) in [6.45, 7) is 3.97. The van der Waals surface area contributed by atoms with Crippen LogP contribution in [0.3, 0.4) is 0 Å². The highest BCUT2D eigenvalue weighted by atomic mass is 16.5. The monoisotopic (exact) mass is 247 g/mol. The molecule has 4 heteroatoms. The fourth-order valence-electron chi connectivity index (χ4n) is 1.72. The molecule has 98 valence electrons. The van der Waals surface area contributed by atoms with Crippen molar-refractivity contribution in [1.82, 2.24) is 5.32 Å². The van der Waals surface area contributed by atoms with Gasteiger partial charge >= 0.3 is 0 Å². The number of nitrogens with one attached hydrogen (secondary N) is 1. The molecule has 0 atom stereocenters. The van der Waals surface area contributed by atoms with Crippen molar-refractivity contribution in [3.63, 3.8) is 0 Å². The summed E-state index contributed by atoms with van der Waals surface area (Å²) < 4.78 is 5.45. The summed E-state index contributed by atoms with van der Waals surface area (Å²) in [4.78, 5) is 4.37. The van der Waals surface area contributed by atoms with Crippen LogP contribution in [0.4, 0.5) is 0 Å². The van der Waals surface area contributed by atoms with Crippen LogP contribution in [0.1, 0.15) is 30.9 Å². The lowest BCUT2D eigenvalue weighted by Gasteiger charge is -2.08. The Kier molecular flexibility index (Phi) is 4.59. The van der Waals surface area contributed by atoms with E-state index in [4.69, 9.17) is 10.5 Å². The zero-order valence-corrected chi connectivity index (χ0v) is 10.9. The predicted molar refractivity (Wildman–Crippen MR) is 73.3 cm³/mol. The van der Waals surface area contributed by atoms with Crippen molar-refractivity contribution in [2.75, 3.05) is 6.61 Å². The van der Waals surface area contributed by atoms with E-state index in [-0.39, 0.29) is 0 Å². The summed E-state index contributed by atoms with van der Waals surface area (Å²) in [6, 6.07) is 8.73. The normalized spacial score (nSPS) is 15.7. The summed E-state index contributed by atoms with van der Waals surface area (Å²) in [5.74, 6) is 0.545. The molecule has 18 heavy (non-hydrogen) atoms. The highest BCUT2D eigenvalue weighted by Crippen LogP contribution is 2.18. The minimum atomic E-state index is 0.545. The highest BCUT2D eigenvalue weighted by molar-refractivity contribution is 5.78. The molecule has 1 aliphatic carbocycles. The lowest BCUT2D eigenvalue weighted by atomic mass is 10.1. The molecule has 0 aliphatic heterocycles. The smallest absolute Gasteiger partial charge is 0.189 e. The Labute approximate surface area is 108 Å². The van der Waals surface area contributed by atoms with E-state index in [1.54, 1.807) is 0 Å². The largest absolute Gasteiger partial charge is 0.377 e. The molecule has 0 spiro atoms. The van der Waals surface area contributed by atoms with Gasteiger partial charge in [0.2, 0.25) is 0 Å². The van der Waals surface area contributed by atoms with Crippen LogP contribution in [-0.4, -0.2) is 18.6 Å².